The van der Waals surface area contributed by atoms with E-state index in [1.54, 1.807) is 6.07 Å². The first kappa shape index (κ1) is 11.5. The van der Waals surface area contributed by atoms with Gasteiger partial charge in [-0.05, 0) is 25.2 Å². The summed E-state index contributed by atoms with van der Waals surface area (Å²) in [5, 5.41) is 6.20. The van der Waals surface area contributed by atoms with E-state index in [1.165, 1.54) is 23.5 Å². The molecule has 1 N–H and O–H groups in total. The highest BCUT2D eigenvalue weighted by molar-refractivity contribution is 7.13. The van der Waals surface area contributed by atoms with E-state index in [2.05, 4.69) is 10.3 Å². The smallest absolute Gasteiger partial charge is 0.125 e. The molecular formula is C11H10ClFN2S. The van der Waals surface area contributed by atoms with Crippen LogP contribution in [0.3, 0.4) is 0 Å². The largest absolute Gasteiger partial charge is 0.314 e. The fourth-order valence-electron chi connectivity index (χ4n) is 1.36. The van der Waals surface area contributed by atoms with E-state index in [4.69, 9.17) is 11.6 Å². The second kappa shape index (κ2) is 4.91. The molecule has 5 heteroatoms. The third-order valence-electron chi connectivity index (χ3n) is 2.07. The van der Waals surface area contributed by atoms with Crippen molar-refractivity contribution in [1.29, 1.82) is 0 Å². The molecule has 2 aromatic rings. The number of benzene rings is 1. The molecule has 2 nitrogen and oxygen atoms in total. The maximum atomic E-state index is 12.9. The lowest BCUT2D eigenvalue weighted by Gasteiger charge is -1.99. The molecule has 0 fully saturated rings. The molecule has 1 aromatic carbocycles. The molecule has 0 atom stereocenters. The van der Waals surface area contributed by atoms with E-state index in [0.717, 1.165) is 22.8 Å². The highest BCUT2D eigenvalue weighted by atomic mass is 35.5. The van der Waals surface area contributed by atoms with E-state index in [-0.39, 0.29) is 5.82 Å². The molecule has 0 aliphatic rings. The number of nitrogens with one attached hydrogen (secondary N) is 1. The topological polar surface area (TPSA) is 24.9 Å². The number of rotatable bonds is 3. The summed E-state index contributed by atoms with van der Waals surface area (Å²) in [5.41, 5.74) is 1.73. The molecule has 0 saturated carbocycles. The van der Waals surface area contributed by atoms with Gasteiger partial charge in [0, 0.05) is 17.5 Å². The van der Waals surface area contributed by atoms with Crippen LogP contribution in [0, 0.1) is 5.82 Å². The number of hydrogen-bond donors (Lipinski definition) is 1. The molecule has 0 aliphatic heterocycles. The van der Waals surface area contributed by atoms with Gasteiger partial charge in [0.25, 0.3) is 0 Å². The van der Waals surface area contributed by atoms with Crippen molar-refractivity contribution in [2.75, 3.05) is 7.05 Å². The molecule has 0 spiro atoms. The Bertz CT molecular complexity index is 498. The summed E-state index contributed by atoms with van der Waals surface area (Å²) in [7, 11) is 1.86. The standard InChI is InChI=1S/C11H10ClFN2S/c1-14-5-8-6-16-11(15-8)9-3-2-7(13)4-10(9)12/h2-4,6,14H,5H2,1H3. The zero-order valence-electron chi connectivity index (χ0n) is 8.63. The third kappa shape index (κ3) is 2.40. The summed E-state index contributed by atoms with van der Waals surface area (Å²) in [6.45, 7) is 0.718. The van der Waals surface area contributed by atoms with Crippen molar-refractivity contribution in [3.63, 3.8) is 0 Å². The van der Waals surface area contributed by atoms with Crippen LogP contribution in [-0.2, 0) is 6.54 Å². The summed E-state index contributed by atoms with van der Waals surface area (Å²) in [4.78, 5) is 4.41. The summed E-state index contributed by atoms with van der Waals surface area (Å²) in [5.74, 6) is -0.333. The zero-order valence-corrected chi connectivity index (χ0v) is 10.2. The lowest BCUT2D eigenvalue weighted by molar-refractivity contribution is 0.628. The Hall–Kier alpha value is -0.970. The van der Waals surface area contributed by atoms with E-state index in [9.17, 15) is 4.39 Å². The predicted molar refractivity (Wildman–Crippen MR) is 65.3 cm³/mol. The van der Waals surface area contributed by atoms with Crippen LogP contribution in [0.15, 0.2) is 23.6 Å². The van der Waals surface area contributed by atoms with Crippen LogP contribution in [0.25, 0.3) is 10.6 Å². The van der Waals surface area contributed by atoms with Crippen molar-refractivity contribution in [1.82, 2.24) is 10.3 Å². The van der Waals surface area contributed by atoms with Crippen molar-refractivity contribution in [3.8, 4) is 10.6 Å². The van der Waals surface area contributed by atoms with Crippen molar-refractivity contribution in [2.24, 2.45) is 0 Å². The Balaban J connectivity index is 2.35. The Morgan fingerprint density at radius 3 is 3.00 bits per heavy atom. The van der Waals surface area contributed by atoms with Gasteiger partial charge in [-0.1, -0.05) is 11.6 Å². The second-order valence-corrected chi connectivity index (χ2v) is 4.56. The molecule has 0 bridgehead atoms. The first-order valence-electron chi connectivity index (χ1n) is 4.75. The molecule has 1 heterocycles. The maximum absolute atomic E-state index is 12.9. The Morgan fingerprint density at radius 2 is 2.31 bits per heavy atom. The van der Waals surface area contributed by atoms with Crippen molar-refractivity contribution >= 4 is 22.9 Å². The van der Waals surface area contributed by atoms with Gasteiger partial charge in [-0.3, -0.25) is 0 Å². The van der Waals surface area contributed by atoms with Gasteiger partial charge in [-0.25, -0.2) is 9.37 Å². The molecule has 0 amide bonds. The average Bonchev–Trinajstić information content (AvgIpc) is 2.67. The van der Waals surface area contributed by atoms with E-state index < -0.39 is 0 Å². The van der Waals surface area contributed by atoms with E-state index >= 15 is 0 Å². The van der Waals surface area contributed by atoms with Crippen LogP contribution in [-0.4, -0.2) is 12.0 Å². The van der Waals surface area contributed by atoms with Gasteiger partial charge >= 0.3 is 0 Å². The first-order valence-corrected chi connectivity index (χ1v) is 6.01. The minimum absolute atomic E-state index is 0.333. The molecule has 16 heavy (non-hydrogen) atoms. The van der Waals surface area contributed by atoms with Crippen LogP contribution in [0.1, 0.15) is 5.69 Å². The van der Waals surface area contributed by atoms with E-state index in [0.29, 0.717) is 5.02 Å². The lowest BCUT2D eigenvalue weighted by atomic mass is 10.2. The lowest BCUT2D eigenvalue weighted by Crippen LogP contribution is -2.04. The van der Waals surface area contributed by atoms with Crippen molar-refractivity contribution in [3.05, 3.63) is 40.1 Å². The second-order valence-electron chi connectivity index (χ2n) is 3.30. The summed E-state index contributed by atoms with van der Waals surface area (Å²) in [6, 6.07) is 4.34. The monoisotopic (exact) mass is 256 g/mol. The van der Waals surface area contributed by atoms with Crippen molar-refractivity contribution < 1.29 is 4.39 Å². The molecule has 1 aromatic heterocycles. The van der Waals surface area contributed by atoms with Gasteiger partial charge in [0.15, 0.2) is 0 Å². The van der Waals surface area contributed by atoms with Gasteiger partial charge in [0.1, 0.15) is 10.8 Å². The molecule has 84 valence electrons. The van der Waals surface area contributed by atoms with Gasteiger partial charge in [-0.15, -0.1) is 11.3 Å². The number of hydrogen-bond acceptors (Lipinski definition) is 3. The summed E-state index contributed by atoms with van der Waals surface area (Å²) in [6.07, 6.45) is 0. The molecule has 0 aliphatic carbocycles. The molecular weight excluding hydrogens is 247 g/mol. The average molecular weight is 257 g/mol. The van der Waals surface area contributed by atoms with Gasteiger partial charge < -0.3 is 5.32 Å². The van der Waals surface area contributed by atoms with Crippen LogP contribution < -0.4 is 5.32 Å². The van der Waals surface area contributed by atoms with Crippen LogP contribution in [0.4, 0.5) is 4.39 Å². The fourth-order valence-corrected chi connectivity index (χ4v) is 2.53. The van der Waals surface area contributed by atoms with Crippen LogP contribution in [0.2, 0.25) is 5.02 Å². The molecule has 0 radical (unpaired) electrons. The number of nitrogens with zero attached hydrogens (tertiary/aromatic N) is 1. The van der Waals surface area contributed by atoms with Crippen LogP contribution in [0.5, 0.6) is 0 Å². The Morgan fingerprint density at radius 1 is 1.50 bits per heavy atom. The maximum Gasteiger partial charge on any atom is 0.125 e. The Kier molecular flexibility index (Phi) is 3.53. The minimum Gasteiger partial charge on any atom is -0.314 e. The summed E-state index contributed by atoms with van der Waals surface area (Å²) >= 11 is 7.47. The van der Waals surface area contributed by atoms with E-state index in [1.807, 2.05) is 12.4 Å². The van der Waals surface area contributed by atoms with Crippen molar-refractivity contribution in [2.45, 2.75) is 6.54 Å². The SMILES string of the molecule is CNCc1csc(-c2ccc(F)cc2Cl)n1. The number of aromatic nitrogens is 1. The summed E-state index contributed by atoms with van der Waals surface area (Å²) < 4.78 is 12.9. The quantitative estimate of drug-likeness (QED) is 0.911. The highest BCUT2D eigenvalue weighted by Crippen LogP contribution is 2.30. The Labute approximate surface area is 102 Å². The van der Waals surface area contributed by atoms with Crippen LogP contribution >= 0.6 is 22.9 Å². The molecule has 2 rings (SSSR count). The fraction of sp³-hybridized carbons (Fsp3) is 0.182. The normalized spacial score (nSPS) is 10.7. The number of halogens is 2. The molecule has 0 saturated heterocycles. The predicted octanol–water partition coefficient (Wildman–Crippen LogP) is 3.32. The number of thiazole rings is 1. The zero-order chi connectivity index (χ0) is 11.5. The van der Waals surface area contributed by atoms with Gasteiger partial charge in [0.2, 0.25) is 0 Å². The first-order chi connectivity index (χ1) is 7.70. The third-order valence-corrected chi connectivity index (χ3v) is 3.31. The van der Waals surface area contributed by atoms with Gasteiger partial charge in [0.05, 0.1) is 10.7 Å². The van der Waals surface area contributed by atoms with Gasteiger partial charge in [-0.2, -0.15) is 0 Å². The minimum atomic E-state index is -0.333. The molecule has 0 unspecified atom stereocenters. The highest BCUT2D eigenvalue weighted by Gasteiger charge is 2.08.